The number of hydrogen-bond acceptors (Lipinski definition) is 6. The van der Waals surface area contributed by atoms with Gasteiger partial charge in [0.2, 0.25) is 17.7 Å². The minimum Gasteiger partial charge on any atom is -0.497 e. The highest BCUT2D eigenvalue weighted by atomic mass is 16.5. The molecular formula is C28H38N4O5. The molecule has 1 fully saturated rings. The molecule has 3 rings (SSSR count). The molecule has 2 aromatic carbocycles. The summed E-state index contributed by atoms with van der Waals surface area (Å²) in [7, 11) is 1.62. The lowest BCUT2D eigenvalue weighted by Gasteiger charge is -2.26. The molecule has 0 bridgehead atoms. The number of carbonyl (C=O) groups is 3. The van der Waals surface area contributed by atoms with E-state index in [1.807, 2.05) is 62.4 Å². The number of nitrogens with zero attached hydrogens (tertiary/aromatic N) is 3. The first-order chi connectivity index (χ1) is 17.8. The van der Waals surface area contributed by atoms with E-state index in [1.165, 1.54) is 6.92 Å². The standard InChI is InChI=1S/C28H38N4O5/c1-5-31(6-2)28(35)20-37-26-17-30(15-22-7-11-24(12-8-22)29-21(3)33)19-27(34)32(18-26)16-23-9-13-25(36-4)14-10-23/h7-14,26H,5-6,15-20H2,1-4H3,(H,29,33)/t26-/m1/s1. The number of nitrogens with one attached hydrogen (secondary N) is 1. The Bertz CT molecular complexity index is 1040. The monoisotopic (exact) mass is 510 g/mol. The smallest absolute Gasteiger partial charge is 0.248 e. The summed E-state index contributed by atoms with van der Waals surface area (Å²) < 4.78 is 11.3. The van der Waals surface area contributed by atoms with Crippen molar-refractivity contribution >= 4 is 23.4 Å². The van der Waals surface area contributed by atoms with E-state index in [-0.39, 0.29) is 37.0 Å². The Morgan fingerprint density at radius 2 is 1.59 bits per heavy atom. The molecule has 1 aliphatic rings. The van der Waals surface area contributed by atoms with Crippen LogP contribution in [-0.4, -0.2) is 85.0 Å². The summed E-state index contributed by atoms with van der Waals surface area (Å²) in [5.74, 6) is 0.592. The average molecular weight is 511 g/mol. The van der Waals surface area contributed by atoms with Gasteiger partial charge in [-0.1, -0.05) is 24.3 Å². The van der Waals surface area contributed by atoms with Gasteiger partial charge in [0.05, 0.1) is 19.8 Å². The van der Waals surface area contributed by atoms with E-state index in [0.29, 0.717) is 39.3 Å². The third-order valence-electron chi connectivity index (χ3n) is 6.37. The molecule has 0 radical (unpaired) electrons. The summed E-state index contributed by atoms with van der Waals surface area (Å²) in [5.41, 5.74) is 2.74. The summed E-state index contributed by atoms with van der Waals surface area (Å²) in [6.45, 7) is 8.76. The molecule has 200 valence electrons. The zero-order chi connectivity index (χ0) is 26.8. The number of carbonyl (C=O) groups excluding carboxylic acids is 3. The van der Waals surface area contributed by atoms with Crippen LogP contribution in [-0.2, 0) is 32.2 Å². The van der Waals surface area contributed by atoms with Gasteiger partial charge in [-0.3, -0.25) is 19.3 Å². The summed E-state index contributed by atoms with van der Waals surface area (Å²) in [5, 5.41) is 2.76. The van der Waals surface area contributed by atoms with Crippen LogP contribution in [0.25, 0.3) is 0 Å². The van der Waals surface area contributed by atoms with E-state index in [9.17, 15) is 14.4 Å². The Balaban J connectivity index is 1.73. The van der Waals surface area contributed by atoms with Gasteiger partial charge in [-0.15, -0.1) is 0 Å². The Morgan fingerprint density at radius 3 is 2.19 bits per heavy atom. The molecule has 3 amide bonds. The van der Waals surface area contributed by atoms with Crippen molar-refractivity contribution in [1.82, 2.24) is 14.7 Å². The van der Waals surface area contributed by atoms with Crippen molar-refractivity contribution in [2.45, 2.75) is 40.0 Å². The van der Waals surface area contributed by atoms with Crippen LogP contribution in [0.5, 0.6) is 5.75 Å². The van der Waals surface area contributed by atoms with Gasteiger partial charge >= 0.3 is 0 Å². The topological polar surface area (TPSA) is 91.4 Å². The van der Waals surface area contributed by atoms with Crippen molar-refractivity contribution in [2.24, 2.45) is 0 Å². The van der Waals surface area contributed by atoms with Crippen molar-refractivity contribution in [3.05, 3.63) is 59.7 Å². The van der Waals surface area contributed by atoms with Gasteiger partial charge in [0.25, 0.3) is 0 Å². The number of amides is 3. The lowest BCUT2D eigenvalue weighted by Crippen LogP contribution is -2.40. The van der Waals surface area contributed by atoms with Crippen molar-refractivity contribution in [3.8, 4) is 5.75 Å². The first kappa shape index (κ1) is 28.1. The fourth-order valence-corrected chi connectivity index (χ4v) is 4.39. The van der Waals surface area contributed by atoms with Crippen molar-refractivity contribution in [3.63, 3.8) is 0 Å². The first-order valence-electron chi connectivity index (χ1n) is 12.7. The molecule has 1 saturated heterocycles. The van der Waals surface area contributed by atoms with E-state index in [0.717, 1.165) is 22.6 Å². The number of benzene rings is 2. The van der Waals surface area contributed by atoms with Crippen LogP contribution in [0.4, 0.5) is 5.69 Å². The number of anilines is 1. The summed E-state index contributed by atoms with van der Waals surface area (Å²) in [6.07, 6.45) is -0.317. The van der Waals surface area contributed by atoms with Gasteiger partial charge in [0, 0.05) is 51.9 Å². The Hall–Kier alpha value is -3.43. The lowest BCUT2D eigenvalue weighted by molar-refractivity contribution is -0.138. The number of methoxy groups -OCH3 is 1. The van der Waals surface area contributed by atoms with Crippen molar-refractivity contribution in [1.29, 1.82) is 0 Å². The summed E-state index contributed by atoms with van der Waals surface area (Å²) >= 11 is 0. The second-order valence-corrected chi connectivity index (χ2v) is 9.17. The maximum absolute atomic E-state index is 13.3. The van der Waals surface area contributed by atoms with Gasteiger partial charge in [0.1, 0.15) is 12.4 Å². The normalized spacial score (nSPS) is 16.3. The minimum atomic E-state index is -0.317. The molecule has 9 heteroatoms. The van der Waals surface area contributed by atoms with Crippen LogP contribution in [0.15, 0.2) is 48.5 Å². The highest BCUT2D eigenvalue weighted by Crippen LogP contribution is 2.18. The first-order valence-corrected chi connectivity index (χ1v) is 12.7. The van der Waals surface area contributed by atoms with Gasteiger partial charge < -0.3 is 24.6 Å². The molecule has 1 atom stereocenters. The minimum absolute atomic E-state index is 0.00635. The quantitative estimate of drug-likeness (QED) is 0.500. The molecule has 0 unspecified atom stereocenters. The Kier molecular flexibility index (Phi) is 10.5. The highest BCUT2D eigenvalue weighted by Gasteiger charge is 2.29. The van der Waals surface area contributed by atoms with Gasteiger partial charge in [-0.2, -0.15) is 0 Å². The van der Waals surface area contributed by atoms with Crippen LogP contribution in [0.1, 0.15) is 31.9 Å². The van der Waals surface area contributed by atoms with E-state index in [4.69, 9.17) is 9.47 Å². The van der Waals surface area contributed by atoms with Gasteiger partial charge in [0.15, 0.2) is 0 Å². The van der Waals surface area contributed by atoms with Gasteiger partial charge in [-0.05, 0) is 49.2 Å². The molecule has 2 aromatic rings. The molecule has 0 saturated carbocycles. The number of hydrogen-bond donors (Lipinski definition) is 1. The molecule has 0 spiro atoms. The highest BCUT2D eigenvalue weighted by molar-refractivity contribution is 5.88. The van der Waals surface area contributed by atoms with Crippen LogP contribution in [0.2, 0.25) is 0 Å². The molecule has 9 nitrogen and oxygen atoms in total. The predicted octanol–water partition coefficient (Wildman–Crippen LogP) is 2.75. The maximum Gasteiger partial charge on any atom is 0.248 e. The van der Waals surface area contributed by atoms with Crippen LogP contribution < -0.4 is 10.1 Å². The number of ether oxygens (including phenoxy) is 2. The zero-order valence-corrected chi connectivity index (χ0v) is 22.2. The molecule has 37 heavy (non-hydrogen) atoms. The SMILES string of the molecule is CCN(CC)C(=O)CO[C@@H]1CN(Cc2ccc(NC(C)=O)cc2)CC(=O)N(Cc2ccc(OC)cc2)C1. The van der Waals surface area contributed by atoms with E-state index >= 15 is 0 Å². The molecule has 0 aliphatic carbocycles. The fraction of sp³-hybridized carbons (Fsp3) is 0.464. The number of likely N-dealkylation sites (N-methyl/N-ethyl adjacent to an activating group) is 1. The molecule has 1 aliphatic heterocycles. The van der Waals surface area contributed by atoms with Crippen LogP contribution >= 0.6 is 0 Å². The number of rotatable bonds is 11. The lowest BCUT2D eigenvalue weighted by atomic mass is 10.2. The third kappa shape index (κ3) is 8.58. The molecule has 1 heterocycles. The average Bonchev–Trinajstić information content (AvgIpc) is 3.02. The predicted molar refractivity (Wildman–Crippen MR) is 142 cm³/mol. The van der Waals surface area contributed by atoms with E-state index in [2.05, 4.69) is 10.2 Å². The molecule has 0 aromatic heterocycles. The second-order valence-electron chi connectivity index (χ2n) is 9.17. The van der Waals surface area contributed by atoms with Crippen molar-refractivity contribution in [2.75, 3.05) is 51.8 Å². The zero-order valence-electron chi connectivity index (χ0n) is 22.2. The third-order valence-corrected chi connectivity index (χ3v) is 6.37. The largest absolute Gasteiger partial charge is 0.497 e. The van der Waals surface area contributed by atoms with Crippen LogP contribution in [0.3, 0.4) is 0 Å². The van der Waals surface area contributed by atoms with Gasteiger partial charge in [-0.25, -0.2) is 0 Å². The Labute approximate surface area is 219 Å². The fourth-order valence-electron chi connectivity index (χ4n) is 4.39. The second kappa shape index (κ2) is 13.8. The van der Waals surface area contributed by atoms with E-state index in [1.54, 1.807) is 16.9 Å². The summed E-state index contributed by atoms with van der Waals surface area (Å²) in [6, 6.07) is 15.2. The molecular weight excluding hydrogens is 472 g/mol. The Morgan fingerprint density at radius 1 is 0.973 bits per heavy atom. The van der Waals surface area contributed by atoms with Crippen molar-refractivity contribution < 1.29 is 23.9 Å². The molecule has 1 N–H and O–H groups in total. The van der Waals surface area contributed by atoms with Crippen LogP contribution in [0, 0.1) is 0 Å². The van der Waals surface area contributed by atoms with E-state index < -0.39 is 0 Å². The maximum atomic E-state index is 13.3. The summed E-state index contributed by atoms with van der Waals surface area (Å²) in [4.78, 5) is 42.8.